The van der Waals surface area contributed by atoms with Gasteiger partial charge in [0.2, 0.25) is 6.79 Å². The van der Waals surface area contributed by atoms with Crippen LogP contribution in [0.2, 0.25) is 0 Å². The maximum Gasteiger partial charge on any atom is 0.273 e. The quantitative estimate of drug-likeness (QED) is 0.861. The fraction of sp³-hybridized carbons (Fsp3) is 0.375. The van der Waals surface area contributed by atoms with Crippen molar-refractivity contribution in [2.45, 2.75) is 19.4 Å². The number of carbonyl (C=O) groups excluding carboxylic acids is 1. The zero-order valence-corrected chi connectivity index (χ0v) is 13.3. The summed E-state index contributed by atoms with van der Waals surface area (Å²) in [5.74, 6) is 2.13. The van der Waals surface area contributed by atoms with Crippen LogP contribution in [0.15, 0.2) is 23.6 Å². The Balaban J connectivity index is 1.39. The largest absolute Gasteiger partial charge is 0.486 e. The average molecular weight is 332 g/mol. The number of benzene rings is 1. The number of carbonyl (C=O) groups is 1. The fourth-order valence-electron chi connectivity index (χ4n) is 2.67. The molecule has 0 N–H and O–H groups in total. The molecule has 0 radical (unpaired) electrons. The third kappa shape index (κ3) is 2.96. The first-order valence-electron chi connectivity index (χ1n) is 7.56. The number of hydrogen-bond acceptors (Lipinski definition) is 6. The summed E-state index contributed by atoms with van der Waals surface area (Å²) in [6.45, 7) is 2.24. The summed E-state index contributed by atoms with van der Waals surface area (Å²) in [4.78, 5) is 18.5. The van der Waals surface area contributed by atoms with Gasteiger partial charge in [-0.05, 0) is 25.0 Å². The van der Waals surface area contributed by atoms with E-state index in [1.54, 1.807) is 11.4 Å². The highest BCUT2D eigenvalue weighted by molar-refractivity contribution is 7.09. The molecule has 7 heteroatoms. The van der Waals surface area contributed by atoms with E-state index in [0.717, 1.165) is 36.7 Å². The maximum atomic E-state index is 12.3. The van der Waals surface area contributed by atoms with Crippen molar-refractivity contribution in [3.05, 3.63) is 34.3 Å². The molecule has 6 nitrogen and oxygen atoms in total. The van der Waals surface area contributed by atoms with Crippen molar-refractivity contribution in [1.29, 1.82) is 0 Å². The molecule has 0 saturated carbocycles. The van der Waals surface area contributed by atoms with Gasteiger partial charge in [0.15, 0.2) is 11.5 Å². The molecule has 0 unspecified atom stereocenters. The minimum atomic E-state index is 0.0214. The molecule has 3 heterocycles. The fourth-order valence-corrected chi connectivity index (χ4v) is 3.35. The lowest BCUT2D eigenvalue weighted by Crippen LogP contribution is -2.27. The number of amides is 1. The molecule has 2 aliphatic rings. The van der Waals surface area contributed by atoms with Gasteiger partial charge in [-0.3, -0.25) is 4.79 Å². The summed E-state index contributed by atoms with van der Waals surface area (Å²) in [5, 5.41) is 2.59. The van der Waals surface area contributed by atoms with Crippen LogP contribution in [0.5, 0.6) is 17.2 Å². The van der Waals surface area contributed by atoms with Gasteiger partial charge in [0, 0.05) is 24.5 Å². The van der Waals surface area contributed by atoms with Crippen LogP contribution in [0.1, 0.15) is 28.3 Å². The Hall–Kier alpha value is -2.28. The Morgan fingerprint density at radius 1 is 1.26 bits per heavy atom. The predicted molar refractivity (Wildman–Crippen MR) is 84.1 cm³/mol. The summed E-state index contributed by atoms with van der Waals surface area (Å²) in [5.41, 5.74) is 0.515. The van der Waals surface area contributed by atoms with Crippen LogP contribution in [-0.2, 0) is 6.61 Å². The van der Waals surface area contributed by atoms with Crippen molar-refractivity contribution in [3.8, 4) is 17.2 Å². The van der Waals surface area contributed by atoms with Gasteiger partial charge in [0.1, 0.15) is 23.1 Å². The molecule has 1 saturated heterocycles. The first kappa shape index (κ1) is 14.3. The molecule has 1 amide bonds. The molecule has 0 bridgehead atoms. The van der Waals surface area contributed by atoms with Crippen molar-refractivity contribution in [3.63, 3.8) is 0 Å². The predicted octanol–water partition coefficient (Wildman–Crippen LogP) is 2.69. The van der Waals surface area contributed by atoms with E-state index < -0.39 is 0 Å². The highest BCUT2D eigenvalue weighted by atomic mass is 32.1. The lowest BCUT2D eigenvalue weighted by molar-refractivity contribution is 0.0787. The van der Waals surface area contributed by atoms with Gasteiger partial charge in [-0.2, -0.15) is 0 Å². The second-order valence-corrected chi connectivity index (χ2v) is 6.37. The molecule has 1 aromatic carbocycles. The van der Waals surface area contributed by atoms with Crippen LogP contribution in [0.4, 0.5) is 0 Å². The van der Waals surface area contributed by atoms with Crippen molar-refractivity contribution in [2.75, 3.05) is 19.9 Å². The van der Waals surface area contributed by atoms with Crippen molar-refractivity contribution >= 4 is 17.2 Å². The van der Waals surface area contributed by atoms with Gasteiger partial charge >= 0.3 is 0 Å². The van der Waals surface area contributed by atoms with Crippen molar-refractivity contribution in [1.82, 2.24) is 9.88 Å². The molecular weight excluding hydrogens is 316 g/mol. The van der Waals surface area contributed by atoms with Crippen LogP contribution in [0.25, 0.3) is 0 Å². The van der Waals surface area contributed by atoms with E-state index in [1.165, 1.54) is 11.3 Å². The SMILES string of the molecule is O=C(c1csc(COc2ccc3c(c2)OCO3)n1)N1CCCC1. The smallest absolute Gasteiger partial charge is 0.273 e. The molecule has 0 spiro atoms. The number of fused-ring (bicyclic) bond motifs is 1. The zero-order valence-electron chi connectivity index (χ0n) is 12.5. The summed E-state index contributed by atoms with van der Waals surface area (Å²) >= 11 is 1.44. The van der Waals surface area contributed by atoms with Gasteiger partial charge < -0.3 is 19.1 Å². The monoisotopic (exact) mass is 332 g/mol. The van der Waals surface area contributed by atoms with Crippen LogP contribution in [-0.4, -0.2) is 35.7 Å². The summed E-state index contributed by atoms with van der Waals surface area (Å²) in [7, 11) is 0. The first-order valence-corrected chi connectivity index (χ1v) is 8.44. The number of ether oxygens (including phenoxy) is 3. The molecule has 4 rings (SSSR count). The molecule has 120 valence electrons. The number of aromatic nitrogens is 1. The molecular formula is C16H16N2O4S. The number of nitrogens with zero attached hydrogens (tertiary/aromatic N) is 2. The van der Waals surface area contributed by atoms with E-state index in [0.29, 0.717) is 23.8 Å². The van der Waals surface area contributed by atoms with Gasteiger partial charge in [-0.1, -0.05) is 0 Å². The van der Waals surface area contributed by atoms with Crippen LogP contribution >= 0.6 is 11.3 Å². The molecule has 0 aliphatic carbocycles. The second kappa shape index (κ2) is 6.08. The van der Waals surface area contributed by atoms with Gasteiger partial charge in [-0.15, -0.1) is 11.3 Å². The van der Waals surface area contributed by atoms with E-state index in [4.69, 9.17) is 14.2 Å². The Morgan fingerprint density at radius 2 is 2.09 bits per heavy atom. The molecule has 1 aromatic heterocycles. The van der Waals surface area contributed by atoms with Crippen LogP contribution in [0.3, 0.4) is 0 Å². The van der Waals surface area contributed by atoms with Crippen molar-refractivity contribution < 1.29 is 19.0 Å². The maximum absolute atomic E-state index is 12.3. The minimum absolute atomic E-state index is 0.0214. The molecule has 0 atom stereocenters. The molecule has 1 fully saturated rings. The highest BCUT2D eigenvalue weighted by Crippen LogP contribution is 2.35. The topological polar surface area (TPSA) is 60.9 Å². The lowest BCUT2D eigenvalue weighted by Gasteiger charge is -2.12. The van der Waals surface area contributed by atoms with E-state index in [-0.39, 0.29) is 12.7 Å². The minimum Gasteiger partial charge on any atom is -0.486 e. The van der Waals surface area contributed by atoms with Gasteiger partial charge in [0.25, 0.3) is 5.91 Å². The number of likely N-dealkylation sites (tertiary alicyclic amines) is 1. The zero-order chi connectivity index (χ0) is 15.6. The lowest BCUT2D eigenvalue weighted by atomic mass is 10.3. The van der Waals surface area contributed by atoms with E-state index >= 15 is 0 Å². The summed E-state index contributed by atoms with van der Waals surface area (Å²) in [6.07, 6.45) is 2.16. The second-order valence-electron chi connectivity index (χ2n) is 5.43. The highest BCUT2D eigenvalue weighted by Gasteiger charge is 2.21. The Morgan fingerprint density at radius 3 is 2.96 bits per heavy atom. The number of thiazole rings is 1. The van der Waals surface area contributed by atoms with Gasteiger partial charge in [-0.25, -0.2) is 4.98 Å². The van der Waals surface area contributed by atoms with E-state index in [1.807, 2.05) is 17.0 Å². The molecule has 2 aliphatic heterocycles. The van der Waals surface area contributed by atoms with Crippen LogP contribution < -0.4 is 14.2 Å². The summed E-state index contributed by atoms with van der Waals surface area (Å²) < 4.78 is 16.3. The van der Waals surface area contributed by atoms with Crippen LogP contribution in [0, 0.1) is 0 Å². The third-order valence-corrected chi connectivity index (χ3v) is 4.69. The Bertz CT molecular complexity index is 725. The van der Waals surface area contributed by atoms with Crippen molar-refractivity contribution in [2.24, 2.45) is 0 Å². The number of rotatable bonds is 4. The summed E-state index contributed by atoms with van der Waals surface area (Å²) in [6, 6.07) is 5.45. The Kier molecular flexibility index (Phi) is 3.78. The normalized spacial score (nSPS) is 15.9. The molecule has 2 aromatic rings. The number of hydrogen-bond donors (Lipinski definition) is 0. The van der Waals surface area contributed by atoms with E-state index in [9.17, 15) is 4.79 Å². The average Bonchev–Trinajstić information content (AvgIpc) is 3.32. The molecule has 23 heavy (non-hydrogen) atoms. The Labute approximate surface area is 137 Å². The van der Waals surface area contributed by atoms with Gasteiger partial charge in [0.05, 0.1) is 0 Å². The standard InChI is InChI=1S/C16H16N2O4S/c19-16(18-5-1-2-6-18)12-9-23-15(17-12)8-20-11-3-4-13-14(7-11)22-10-21-13/h3-4,7,9H,1-2,5-6,8,10H2. The third-order valence-electron chi connectivity index (χ3n) is 3.87. The van der Waals surface area contributed by atoms with E-state index in [2.05, 4.69) is 4.98 Å². The first-order chi connectivity index (χ1) is 11.3.